The Kier molecular flexibility index (Phi) is 6.61. The molecule has 0 bridgehead atoms. The standard InChI is InChI=1S/C27H24ClNO5/c1-4-16-5-9-18(10-6-16)29-24(17-7-11-19(33-2)12-8-17)23(26(31)27(29)32)25(30)21-15-20(34-3)13-14-22(21)28/h5-15,24,30H,4H2,1-3H3/b25-23+. The first kappa shape index (κ1) is 23.4. The van der Waals surface area contributed by atoms with E-state index in [1.165, 1.54) is 18.1 Å². The van der Waals surface area contributed by atoms with Crippen molar-refractivity contribution in [3.8, 4) is 11.5 Å². The summed E-state index contributed by atoms with van der Waals surface area (Å²) in [6.07, 6.45) is 0.843. The molecule has 174 valence electrons. The minimum absolute atomic E-state index is 0.0510. The molecule has 4 rings (SSSR count). The highest BCUT2D eigenvalue weighted by molar-refractivity contribution is 6.52. The van der Waals surface area contributed by atoms with Crippen LogP contribution in [0.15, 0.2) is 72.3 Å². The van der Waals surface area contributed by atoms with Crippen LogP contribution in [0.2, 0.25) is 5.02 Å². The summed E-state index contributed by atoms with van der Waals surface area (Å²) in [6.45, 7) is 2.04. The summed E-state index contributed by atoms with van der Waals surface area (Å²) >= 11 is 6.35. The van der Waals surface area contributed by atoms with Crippen molar-refractivity contribution in [1.82, 2.24) is 0 Å². The highest BCUT2D eigenvalue weighted by atomic mass is 35.5. The van der Waals surface area contributed by atoms with Crippen molar-refractivity contribution in [1.29, 1.82) is 0 Å². The molecule has 0 aromatic heterocycles. The molecule has 1 saturated heterocycles. The van der Waals surface area contributed by atoms with Crippen LogP contribution in [0.1, 0.15) is 29.7 Å². The molecular weight excluding hydrogens is 454 g/mol. The molecule has 1 N–H and O–H groups in total. The summed E-state index contributed by atoms with van der Waals surface area (Å²) in [6, 6.07) is 18.3. The van der Waals surface area contributed by atoms with Gasteiger partial charge in [-0.3, -0.25) is 14.5 Å². The van der Waals surface area contributed by atoms with E-state index in [1.807, 2.05) is 19.1 Å². The summed E-state index contributed by atoms with van der Waals surface area (Å²) in [7, 11) is 3.05. The van der Waals surface area contributed by atoms with Crippen molar-refractivity contribution in [2.45, 2.75) is 19.4 Å². The molecule has 34 heavy (non-hydrogen) atoms. The molecule has 3 aromatic carbocycles. The van der Waals surface area contributed by atoms with E-state index >= 15 is 0 Å². The number of carbonyl (C=O) groups excluding carboxylic acids is 2. The molecule has 1 fully saturated rings. The first-order valence-corrected chi connectivity index (χ1v) is 11.1. The van der Waals surface area contributed by atoms with Crippen molar-refractivity contribution in [2.24, 2.45) is 0 Å². The number of aliphatic hydroxyl groups is 1. The lowest BCUT2D eigenvalue weighted by Crippen LogP contribution is -2.29. The summed E-state index contributed by atoms with van der Waals surface area (Å²) in [5, 5.41) is 11.5. The highest BCUT2D eigenvalue weighted by Crippen LogP contribution is 2.43. The zero-order chi connectivity index (χ0) is 24.4. The molecule has 1 unspecified atom stereocenters. The van der Waals surface area contributed by atoms with Gasteiger partial charge in [-0.25, -0.2) is 0 Å². The number of methoxy groups -OCH3 is 2. The van der Waals surface area contributed by atoms with E-state index in [0.717, 1.165) is 12.0 Å². The van der Waals surface area contributed by atoms with Crippen LogP contribution in [0.5, 0.6) is 11.5 Å². The van der Waals surface area contributed by atoms with Gasteiger partial charge in [0, 0.05) is 11.3 Å². The third kappa shape index (κ3) is 4.13. The third-order valence-corrected chi connectivity index (χ3v) is 6.26. The fourth-order valence-electron chi connectivity index (χ4n) is 4.05. The minimum atomic E-state index is -0.861. The molecule has 1 heterocycles. The number of aryl methyl sites for hydroxylation is 1. The van der Waals surface area contributed by atoms with Gasteiger partial charge in [-0.05, 0) is 60.0 Å². The first-order valence-electron chi connectivity index (χ1n) is 10.8. The van der Waals surface area contributed by atoms with Crippen molar-refractivity contribution in [3.63, 3.8) is 0 Å². The summed E-state index contributed by atoms with van der Waals surface area (Å²) in [5.74, 6) is -0.807. The van der Waals surface area contributed by atoms with Gasteiger partial charge in [0.1, 0.15) is 17.3 Å². The number of ketones is 1. The van der Waals surface area contributed by atoms with E-state index in [2.05, 4.69) is 0 Å². The smallest absolute Gasteiger partial charge is 0.300 e. The number of carbonyl (C=O) groups is 2. The number of hydrogen-bond donors (Lipinski definition) is 1. The number of aliphatic hydroxyl groups excluding tert-OH is 1. The van der Waals surface area contributed by atoms with Crippen LogP contribution in [0.25, 0.3) is 5.76 Å². The molecule has 0 aliphatic carbocycles. The maximum atomic E-state index is 13.3. The number of halogens is 1. The number of Topliss-reactive ketones (excluding diaryl/α,β-unsaturated/α-hetero) is 1. The van der Waals surface area contributed by atoms with Gasteiger partial charge in [-0.1, -0.05) is 42.8 Å². The summed E-state index contributed by atoms with van der Waals surface area (Å²) < 4.78 is 10.5. The Morgan fingerprint density at radius 3 is 2.15 bits per heavy atom. The number of nitrogens with zero attached hydrogens (tertiary/aromatic N) is 1. The van der Waals surface area contributed by atoms with Crippen LogP contribution in [0.3, 0.4) is 0 Å². The Morgan fingerprint density at radius 1 is 0.941 bits per heavy atom. The van der Waals surface area contributed by atoms with Crippen LogP contribution >= 0.6 is 11.6 Å². The molecule has 3 aromatic rings. The Balaban J connectivity index is 1.94. The number of amides is 1. The van der Waals surface area contributed by atoms with E-state index in [1.54, 1.807) is 55.6 Å². The largest absolute Gasteiger partial charge is 0.507 e. The molecule has 0 spiro atoms. The topological polar surface area (TPSA) is 76.1 Å². The van der Waals surface area contributed by atoms with Crippen LogP contribution in [-0.2, 0) is 16.0 Å². The van der Waals surface area contributed by atoms with E-state index < -0.39 is 17.7 Å². The second-order valence-electron chi connectivity index (χ2n) is 7.81. The van der Waals surface area contributed by atoms with Gasteiger partial charge in [0.2, 0.25) is 0 Å². The Bertz CT molecular complexity index is 1270. The second-order valence-corrected chi connectivity index (χ2v) is 8.22. The van der Waals surface area contributed by atoms with Crippen molar-refractivity contribution in [2.75, 3.05) is 19.1 Å². The van der Waals surface area contributed by atoms with Crippen LogP contribution in [-0.4, -0.2) is 31.0 Å². The molecule has 0 saturated carbocycles. The molecule has 1 amide bonds. The van der Waals surface area contributed by atoms with E-state index in [4.69, 9.17) is 21.1 Å². The zero-order valence-electron chi connectivity index (χ0n) is 19.0. The quantitative estimate of drug-likeness (QED) is 0.286. The van der Waals surface area contributed by atoms with E-state index in [-0.39, 0.29) is 21.9 Å². The fourth-order valence-corrected chi connectivity index (χ4v) is 4.26. The molecule has 6 nitrogen and oxygen atoms in total. The lowest BCUT2D eigenvalue weighted by Gasteiger charge is -2.26. The molecule has 7 heteroatoms. The Hall–Kier alpha value is -3.77. The predicted octanol–water partition coefficient (Wildman–Crippen LogP) is 5.55. The maximum Gasteiger partial charge on any atom is 0.300 e. The number of ether oxygens (including phenoxy) is 2. The van der Waals surface area contributed by atoms with Gasteiger partial charge >= 0.3 is 0 Å². The minimum Gasteiger partial charge on any atom is -0.507 e. The zero-order valence-corrected chi connectivity index (χ0v) is 19.8. The third-order valence-electron chi connectivity index (χ3n) is 5.93. The van der Waals surface area contributed by atoms with Crippen molar-refractivity contribution < 1.29 is 24.2 Å². The molecule has 0 radical (unpaired) electrons. The molecule has 1 atom stereocenters. The summed E-state index contributed by atoms with van der Waals surface area (Å²) in [5.41, 5.74) is 2.45. The maximum absolute atomic E-state index is 13.3. The van der Waals surface area contributed by atoms with Crippen LogP contribution in [0, 0.1) is 0 Å². The van der Waals surface area contributed by atoms with E-state index in [9.17, 15) is 14.7 Å². The lowest BCUT2D eigenvalue weighted by atomic mass is 9.95. The van der Waals surface area contributed by atoms with Gasteiger partial charge in [0.25, 0.3) is 11.7 Å². The van der Waals surface area contributed by atoms with Crippen molar-refractivity contribution in [3.05, 3.63) is 94.0 Å². The fraction of sp³-hybridized carbons (Fsp3) is 0.185. The predicted molar refractivity (Wildman–Crippen MR) is 132 cm³/mol. The second kappa shape index (κ2) is 9.61. The Morgan fingerprint density at radius 2 is 1.56 bits per heavy atom. The highest BCUT2D eigenvalue weighted by Gasteiger charge is 2.47. The monoisotopic (exact) mass is 477 g/mol. The number of benzene rings is 3. The lowest BCUT2D eigenvalue weighted by molar-refractivity contribution is -0.132. The molecular formula is C27H24ClNO5. The van der Waals surface area contributed by atoms with Crippen LogP contribution in [0.4, 0.5) is 5.69 Å². The van der Waals surface area contributed by atoms with Gasteiger partial charge in [0.05, 0.1) is 30.9 Å². The van der Waals surface area contributed by atoms with Crippen LogP contribution < -0.4 is 14.4 Å². The van der Waals surface area contributed by atoms with Gasteiger partial charge in [0.15, 0.2) is 0 Å². The van der Waals surface area contributed by atoms with Gasteiger partial charge in [-0.15, -0.1) is 0 Å². The van der Waals surface area contributed by atoms with Gasteiger partial charge < -0.3 is 14.6 Å². The number of anilines is 1. The number of hydrogen-bond acceptors (Lipinski definition) is 5. The van der Waals surface area contributed by atoms with Gasteiger partial charge in [-0.2, -0.15) is 0 Å². The normalized spacial score (nSPS) is 17.2. The SMILES string of the molecule is CCc1ccc(N2C(=O)C(=O)/C(=C(/O)c3cc(OC)ccc3Cl)C2c2ccc(OC)cc2)cc1. The summed E-state index contributed by atoms with van der Waals surface area (Å²) in [4.78, 5) is 28.0. The van der Waals surface area contributed by atoms with E-state index in [0.29, 0.717) is 22.7 Å². The average molecular weight is 478 g/mol. The number of rotatable bonds is 6. The molecule has 1 aliphatic heterocycles. The average Bonchev–Trinajstić information content (AvgIpc) is 3.14. The van der Waals surface area contributed by atoms with Crippen molar-refractivity contribution >= 4 is 34.7 Å². The molecule has 1 aliphatic rings. The Labute approximate surface area is 203 Å². The first-order chi connectivity index (χ1) is 16.4.